The number of amides is 1. The van der Waals surface area contributed by atoms with Crippen LogP contribution >= 0.6 is 0 Å². The predicted octanol–water partition coefficient (Wildman–Crippen LogP) is 1.63. The maximum atomic E-state index is 11.8. The second-order valence-electron chi connectivity index (χ2n) is 4.75. The molecule has 3 N–H and O–H groups in total. The zero-order valence-corrected chi connectivity index (χ0v) is 10.7. The average molecular weight is 235 g/mol. The lowest BCUT2D eigenvalue weighted by atomic mass is 10.0. The van der Waals surface area contributed by atoms with Crippen LogP contribution in [0.3, 0.4) is 0 Å². The molecule has 4 heteroatoms. The lowest BCUT2D eigenvalue weighted by molar-refractivity contribution is -0.123. The van der Waals surface area contributed by atoms with Crippen LogP contribution in [-0.2, 0) is 4.79 Å². The quantitative estimate of drug-likeness (QED) is 0.815. The summed E-state index contributed by atoms with van der Waals surface area (Å²) >= 11 is 0. The number of hydrogen-bond donors (Lipinski definition) is 2. The molecule has 1 unspecified atom stereocenters. The molecule has 4 nitrogen and oxygen atoms in total. The van der Waals surface area contributed by atoms with Crippen LogP contribution in [0.15, 0.2) is 24.5 Å². The van der Waals surface area contributed by atoms with Crippen molar-refractivity contribution in [3.8, 4) is 0 Å². The Morgan fingerprint density at radius 1 is 1.47 bits per heavy atom. The van der Waals surface area contributed by atoms with Crippen molar-refractivity contribution in [3.63, 3.8) is 0 Å². The number of carbonyl (C=O) groups is 1. The van der Waals surface area contributed by atoms with Crippen molar-refractivity contribution < 1.29 is 4.79 Å². The Bertz CT molecular complexity index is 351. The first-order chi connectivity index (χ1) is 8.00. The molecular formula is C13H21N3O. The highest BCUT2D eigenvalue weighted by molar-refractivity contribution is 5.81. The Morgan fingerprint density at radius 2 is 2.18 bits per heavy atom. The van der Waals surface area contributed by atoms with Gasteiger partial charge in [0.25, 0.3) is 0 Å². The summed E-state index contributed by atoms with van der Waals surface area (Å²) in [5.41, 5.74) is 6.80. The molecule has 94 valence electrons. The fourth-order valence-electron chi connectivity index (χ4n) is 1.65. The van der Waals surface area contributed by atoms with E-state index < -0.39 is 6.04 Å². The van der Waals surface area contributed by atoms with E-state index in [1.165, 1.54) is 0 Å². The topological polar surface area (TPSA) is 68.0 Å². The van der Waals surface area contributed by atoms with Gasteiger partial charge in [0.05, 0.1) is 12.1 Å². The van der Waals surface area contributed by atoms with Gasteiger partial charge in [-0.15, -0.1) is 0 Å². The number of aromatic nitrogens is 1. The van der Waals surface area contributed by atoms with Crippen LogP contribution in [-0.4, -0.2) is 16.9 Å². The molecule has 0 saturated carbocycles. The zero-order valence-electron chi connectivity index (χ0n) is 10.7. The van der Waals surface area contributed by atoms with E-state index in [9.17, 15) is 4.79 Å². The molecule has 17 heavy (non-hydrogen) atoms. The summed E-state index contributed by atoms with van der Waals surface area (Å²) in [6.07, 6.45) is 4.16. The van der Waals surface area contributed by atoms with Crippen molar-refractivity contribution in [2.24, 2.45) is 11.7 Å². The first kappa shape index (κ1) is 13.6. The smallest absolute Gasteiger partial charge is 0.237 e. The molecule has 1 amide bonds. The first-order valence-corrected chi connectivity index (χ1v) is 5.96. The molecule has 0 fully saturated rings. The van der Waals surface area contributed by atoms with Crippen LogP contribution in [0.1, 0.15) is 38.8 Å². The summed E-state index contributed by atoms with van der Waals surface area (Å²) in [5.74, 6) is 0.319. The van der Waals surface area contributed by atoms with E-state index >= 15 is 0 Å². The van der Waals surface area contributed by atoms with Crippen molar-refractivity contribution in [3.05, 3.63) is 30.1 Å². The maximum absolute atomic E-state index is 11.8. The van der Waals surface area contributed by atoms with Crippen LogP contribution in [0.5, 0.6) is 0 Å². The van der Waals surface area contributed by atoms with Crippen molar-refractivity contribution in [1.29, 1.82) is 0 Å². The van der Waals surface area contributed by atoms with Crippen molar-refractivity contribution in [2.75, 3.05) is 0 Å². The molecule has 2 atom stereocenters. The molecule has 0 aromatic carbocycles. The van der Waals surface area contributed by atoms with Crippen LogP contribution in [0.2, 0.25) is 0 Å². The molecule has 0 bridgehead atoms. The average Bonchev–Trinajstić information content (AvgIpc) is 2.29. The van der Waals surface area contributed by atoms with Gasteiger partial charge in [-0.3, -0.25) is 9.78 Å². The van der Waals surface area contributed by atoms with Crippen LogP contribution in [0.25, 0.3) is 0 Å². The van der Waals surface area contributed by atoms with Gasteiger partial charge < -0.3 is 11.1 Å². The van der Waals surface area contributed by atoms with E-state index in [4.69, 9.17) is 5.73 Å². The predicted molar refractivity (Wildman–Crippen MR) is 68.2 cm³/mol. The molecule has 0 aliphatic heterocycles. The summed E-state index contributed by atoms with van der Waals surface area (Å²) in [6.45, 7) is 6.03. The first-order valence-electron chi connectivity index (χ1n) is 5.96. The van der Waals surface area contributed by atoms with Gasteiger partial charge in [-0.25, -0.2) is 0 Å². The van der Waals surface area contributed by atoms with Gasteiger partial charge in [0.1, 0.15) is 0 Å². The zero-order chi connectivity index (χ0) is 12.8. The molecule has 0 spiro atoms. The molecule has 0 saturated heterocycles. The van der Waals surface area contributed by atoms with Crippen molar-refractivity contribution in [1.82, 2.24) is 10.3 Å². The molecule has 1 heterocycles. The molecule has 1 aromatic heterocycles. The number of hydrogen-bond acceptors (Lipinski definition) is 3. The SMILES string of the molecule is CC(C)CC(N)C(=O)N[C@@H](C)c1cccnc1. The lowest BCUT2D eigenvalue weighted by Crippen LogP contribution is -2.42. The molecule has 0 aliphatic rings. The van der Waals surface area contributed by atoms with E-state index in [1.54, 1.807) is 12.4 Å². The van der Waals surface area contributed by atoms with Crippen LogP contribution in [0.4, 0.5) is 0 Å². The maximum Gasteiger partial charge on any atom is 0.237 e. The largest absolute Gasteiger partial charge is 0.348 e. The fraction of sp³-hybridized carbons (Fsp3) is 0.538. The molecule has 0 aliphatic carbocycles. The number of nitrogens with zero attached hydrogens (tertiary/aromatic N) is 1. The number of rotatable bonds is 5. The number of nitrogens with two attached hydrogens (primary N) is 1. The second-order valence-corrected chi connectivity index (χ2v) is 4.75. The Morgan fingerprint density at radius 3 is 2.71 bits per heavy atom. The van der Waals surface area contributed by atoms with E-state index in [0.717, 1.165) is 5.56 Å². The monoisotopic (exact) mass is 235 g/mol. The normalized spacial score (nSPS) is 14.4. The van der Waals surface area contributed by atoms with Gasteiger partial charge >= 0.3 is 0 Å². The fourth-order valence-corrected chi connectivity index (χ4v) is 1.65. The Labute approximate surface area is 103 Å². The third-order valence-corrected chi connectivity index (χ3v) is 2.61. The van der Waals surface area contributed by atoms with Crippen molar-refractivity contribution >= 4 is 5.91 Å². The molecule has 0 radical (unpaired) electrons. The van der Waals surface area contributed by atoms with E-state index in [-0.39, 0.29) is 11.9 Å². The molecule has 1 rings (SSSR count). The number of nitrogens with one attached hydrogen (secondary N) is 1. The minimum Gasteiger partial charge on any atom is -0.348 e. The second kappa shape index (κ2) is 6.35. The van der Waals surface area contributed by atoms with E-state index in [0.29, 0.717) is 12.3 Å². The molecule has 1 aromatic rings. The van der Waals surface area contributed by atoms with Gasteiger partial charge in [-0.05, 0) is 30.9 Å². The Hall–Kier alpha value is -1.42. The third-order valence-electron chi connectivity index (χ3n) is 2.61. The third kappa shape index (κ3) is 4.53. The van der Waals surface area contributed by atoms with Crippen molar-refractivity contribution in [2.45, 2.75) is 39.3 Å². The van der Waals surface area contributed by atoms with Crippen LogP contribution in [0, 0.1) is 5.92 Å². The summed E-state index contributed by atoms with van der Waals surface area (Å²) in [5, 5.41) is 2.90. The van der Waals surface area contributed by atoms with Gasteiger partial charge in [-0.2, -0.15) is 0 Å². The highest BCUT2D eigenvalue weighted by Gasteiger charge is 2.17. The van der Waals surface area contributed by atoms with Crippen LogP contribution < -0.4 is 11.1 Å². The lowest BCUT2D eigenvalue weighted by Gasteiger charge is -2.18. The summed E-state index contributed by atoms with van der Waals surface area (Å²) in [6, 6.07) is 3.29. The highest BCUT2D eigenvalue weighted by Crippen LogP contribution is 2.10. The standard InChI is InChI=1S/C13H21N3O/c1-9(2)7-12(14)13(17)16-10(3)11-5-4-6-15-8-11/h4-6,8-10,12H,7,14H2,1-3H3,(H,16,17)/t10-,12?/m0/s1. The minimum absolute atomic E-state index is 0.0607. The highest BCUT2D eigenvalue weighted by atomic mass is 16.2. The van der Waals surface area contributed by atoms with Gasteiger partial charge in [0.15, 0.2) is 0 Å². The van der Waals surface area contributed by atoms with E-state index in [1.807, 2.05) is 19.1 Å². The Kier molecular flexibility index (Phi) is 5.10. The summed E-state index contributed by atoms with van der Waals surface area (Å²) in [7, 11) is 0. The number of carbonyl (C=O) groups excluding carboxylic acids is 1. The molecular weight excluding hydrogens is 214 g/mol. The van der Waals surface area contributed by atoms with Gasteiger partial charge in [0.2, 0.25) is 5.91 Å². The van der Waals surface area contributed by atoms with E-state index in [2.05, 4.69) is 24.1 Å². The minimum atomic E-state index is -0.436. The van der Waals surface area contributed by atoms with Gasteiger partial charge in [-0.1, -0.05) is 19.9 Å². The number of pyridine rings is 1. The van der Waals surface area contributed by atoms with Gasteiger partial charge in [0, 0.05) is 12.4 Å². The summed E-state index contributed by atoms with van der Waals surface area (Å²) in [4.78, 5) is 15.8. The summed E-state index contributed by atoms with van der Waals surface area (Å²) < 4.78 is 0. The Balaban J connectivity index is 2.51.